The molecule has 33 heavy (non-hydrogen) atoms. The van der Waals surface area contributed by atoms with Crippen LogP contribution in [-0.2, 0) is 5.41 Å². The predicted molar refractivity (Wildman–Crippen MR) is 148 cm³/mol. The van der Waals surface area contributed by atoms with Crippen molar-refractivity contribution in [2.45, 2.75) is 46.2 Å². The summed E-state index contributed by atoms with van der Waals surface area (Å²) < 4.78 is 2.22. The van der Waals surface area contributed by atoms with E-state index in [0.29, 0.717) is 0 Å². The van der Waals surface area contributed by atoms with Gasteiger partial charge in [0.15, 0.2) is 5.71 Å². The van der Waals surface area contributed by atoms with Gasteiger partial charge in [0, 0.05) is 31.9 Å². The topological polar surface area (TPSA) is 6.25 Å². The summed E-state index contributed by atoms with van der Waals surface area (Å²) in [6.45, 7) is 14.2. The molecule has 0 bridgehead atoms. The maximum atomic E-state index is 2.51. The third-order valence-electron chi connectivity index (χ3n) is 7.30. The van der Waals surface area contributed by atoms with Crippen LogP contribution in [-0.4, -0.2) is 46.6 Å². The molecule has 2 aromatic carbocycles. The van der Waals surface area contributed by atoms with Crippen molar-refractivity contribution in [3.63, 3.8) is 0 Å². The van der Waals surface area contributed by atoms with Crippen molar-refractivity contribution in [3.8, 4) is 0 Å². The molecule has 0 saturated heterocycles. The van der Waals surface area contributed by atoms with Crippen LogP contribution in [0.15, 0.2) is 65.4 Å². The Hall–Kier alpha value is -2.65. The van der Waals surface area contributed by atoms with Crippen LogP contribution in [0.1, 0.15) is 43.0 Å². The van der Waals surface area contributed by atoms with Crippen molar-refractivity contribution in [2.75, 3.05) is 33.1 Å². The first-order valence-corrected chi connectivity index (χ1v) is 15.0. The van der Waals surface area contributed by atoms with E-state index in [1.165, 1.54) is 55.2 Å². The van der Waals surface area contributed by atoms with Gasteiger partial charge in [0.25, 0.3) is 0 Å². The van der Waals surface area contributed by atoms with Crippen LogP contribution < -0.4 is 10.1 Å². The molecule has 0 fully saturated rings. The third kappa shape index (κ3) is 3.97. The van der Waals surface area contributed by atoms with E-state index < -0.39 is 8.07 Å². The highest BCUT2D eigenvalue weighted by atomic mass is 28.3. The van der Waals surface area contributed by atoms with Crippen molar-refractivity contribution >= 4 is 30.2 Å². The molecular formula is C30H39N2Si+. The Morgan fingerprint density at radius 3 is 2.18 bits per heavy atom. The van der Waals surface area contributed by atoms with Crippen LogP contribution in [0.25, 0.3) is 5.57 Å². The van der Waals surface area contributed by atoms with Gasteiger partial charge in [0.1, 0.15) is 22.2 Å². The molecule has 0 atom stereocenters. The van der Waals surface area contributed by atoms with Crippen molar-refractivity contribution in [3.05, 3.63) is 87.6 Å². The van der Waals surface area contributed by atoms with E-state index in [1.807, 2.05) is 0 Å². The summed E-state index contributed by atoms with van der Waals surface area (Å²) >= 11 is 0. The minimum absolute atomic E-state index is 0.112. The molecule has 0 N–H and O–H groups in total. The number of rotatable bonds is 2. The number of fused-ring (bicyclic) bond motifs is 2. The second kappa shape index (κ2) is 7.98. The fourth-order valence-electron chi connectivity index (χ4n) is 5.03. The summed E-state index contributed by atoms with van der Waals surface area (Å²) in [6.07, 6.45) is 7.11. The van der Waals surface area contributed by atoms with E-state index in [4.69, 9.17) is 0 Å². The highest BCUT2D eigenvalue weighted by Gasteiger charge is 2.40. The Morgan fingerprint density at radius 1 is 0.879 bits per heavy atom. The molecule has 0 saturated carbocycles. The summed E-state index contributed by atoms with van der Waals surface area (Å²) in [5.74, 6) is 0. The minimum atomic E-state index is -1.90. The molecule has 3 heteroatoms. The molecule has 0 amide bonds. The van der Waals surface area contributed by atoms with Gasteiger partial charge in [-0.25, -0.2) is 4.58 Å². The van der Waals surface area contributed by atoms with Crippen LogP contribution in [0.5, 0.6) is 0 Å². The SMILES string of the molecule is Cc1ccc(C(C)(C)C)cc1C1=C2C=CC(=[N+](C)C)C=C2[Si](C)(C)c2cc(N(C)C)ccc21. The summed E-state index contributed by atoms with van der Waals surface area (Å²) in [4.78, 5) is 2.22. The molecule has 0 spiro atoms. The molecule has 0 aromatic heterocycles. The van der Waals surface area contributed by atoms with Gasteiger partial charge in [0.2, 0.25) is 0 Å². The zero-order valence-electron chi connectivity index (χ0n) is 22.1. The van der Waals surface area contributed by atoms with Crippen molar-refractivity contribution in [2.24, 2.45) is 0 Å². The molecule has 4 rings (SSSR count). The van der Waals surface area contributed by atoms with Gasteiger partial charge in [-0.15, -0.1) is 0 Å². The fraction of sp³-hybridized carbons (Fsp3) is 0.367. The van der Waals surface area contributed by atoms with Crippen LogP contribution >= 0.6 is 0 Å². The van der Waals surface area contributed by atoms with E-state index in [9.17, 15) is 0 Å². The van der Waals surface area contributed by atoms with Gasteiger partial charge >= 0.3 is 0 Å². The third-order valence-corrected chi connectivity index (χ3v) is 10.8. The quantitative estimate of drug-likeness (QED) is 0.407. The molecular weight excluding hydrogens is 416 g/mol. The lowest BCUT2D eigenvalue weighted by Crippen LogP contribution is -2.49. The Morgan fingerprint density at radius 2 is 1.58 bits per heavy atom. The first-order chi connectivity index (χ1) is 15.3. The van der Waals surface area contributed by atoms with Gasteiger partial charge in [-0.2, -0.15) is 0 Å². The number of anilines is 1. The van der Waals surface area contributed by atoms with Crippen LogP contribution in [0.4, 0.5) is 5.69 Å². The largest absolute Gasteiger partial charge is 0.378 e. The molecule has 1 heterocycles. The molecule has 0 radical (unpaired) electrons. The first kappa shape index (κ1) is 23.5. The van der Waals surface area contributed by atoms with Crippen molar-refractivity contribution in [1.29, 1.82) is 0 Å². The molecule has 2 aromatic rings. The number of hydrogen-bond acceptors (Lipinski definition) is 1. The first-order valence-electron chi connectivity index (χ1n) is 12.0. The second-order valence-electron chi connectivity index (χ2n) is 11.5. The Kier molecular flexibility index (Phi) is 5.69. The molecule has 2 nitrogen and oxygen atoms in total. The monoisotopic (exact) mass is 455 g/mol. The van der Waals surface area contributed by atoms with E-state index in [2.05, 4.69) is 133 Å². The van der Waals surface area contributed by atoms with Crippen molar-refractivity contribution < 1.29 is 4.58 Å². The second-order valence-corrected chi connectivity index (χ2v) is 15.9. The standard InChI is InChI=1S/C30H39N2Si/c1-20-11-12-21(30(2,3)4)17-26(20)29-24-15-13-22(31(5)6)18-27(24)33(9,10)28-19-23(32(7)8)14-16-25(28)29/h11-19H,1-10H3/q+1. The number of benzene rings is 2. The number of allylic oxidation sites excluding steroid dienone is 5. The number of hydrogen-bond donors (Lipinski definition) is 0. The summed E-state index contributed by atoms with van der Waals surface area (Å²) in [5.41, 5.74) is 11.0. The normalized spacial score (nSPS) is 16.9. The highest BCUT2D eigenvalue weighted by Crippen LogP contribution is 2.43. The maximum Gasteiger partial charge on any atom is 0.199 e. The lowest BCUT2D eigenvalue weighted by Gasteiger charge is -2.38. The van der Waals surface area contributed by atoms with E-state index in [-0.39, 0.29) is 5.41 Å². The predicted octanol–water partition coefficient (Wildman–Crippen LogP) is 5.84. The number of nitrogens with zero attached hydrogens (tertiary/aromatic N) is 2. The van der Waals surface area contributed by atoms with Gasteiger partial charge in [-0.1, -0.05) is 58.1 Å². The average Bonchev–Trinajstić information content (AvgIpc) is 2.73. The van der Waals surface area contributed by atoms with Crippen LogP contribution in [0.3, 0.4) is 0 Å². The fourth-order valence-corrected chi connectivity index (χ4v) is 8.10. The summed E-state index contributed by atoms with van der Waals surface area (Å²) in [6, 6.07) is 14.2. The molecule has 2 aliphatic rings. The zero-order chi connectivity index (χ0) is 24.3. The van der Waals surface area contributed by atoms with Crippen LogP contribution in [0, 0.1) is 6.92 Å². The smallest absolute Gasteiger partial charge is 0.199 e. The number of aryl methyl sites for hydroxylation is 1. The summed E-state index contributed by atoms with van der Waals surface area (Å²) in [7, 11) is 6.65. The molecule has 1 aliphatic carbocycles. The zero-order valence-corrected chi connectivity index (χ0v) is 23.1. The highest BCUT2D eigenvalue weighted by molar-refractivity contribution is 6.98. The molecule has 1 aliphatic heterocycles. The maximum absolute atomic E-state index is 2.51. The lowest BCUT2D eigenvalue weighted by atomic mass is 9.81. The Bertz CT molecular complexity index is 1260. The van der Waals surface area contributed by atoms with Gasteiger partial charge < -0.3 is 4.90 Å². The Labute approximate surface area is 201 Å². The molecule has 0 unspecified atom stereocenters. The van der Waals surface area contributed by atoms with E-state index in [1.54, 1.807) is 0 Å². The molecule has 172 valence electrons. The lowest BCUT2D eigenvalue weighted by molar-refractivity contribution is -0.462. The average molecular weight is 456 g/mol. The van der Waals surface area contributed by atoms with Gasteiger partial charge in [0.05, 0.1) is 0 Å². The Balaban J connectivity index is 2.12. The van der Waals surface area contributed by atoms with Crippen molar-refractivity contribution in [1.82, 2.24) is 0 Å². The van der Waals surface area contributed by atoms with Gasteiger partial charge in [-0.05, 0) is 74.3 Å². The minimum Gasteiger partial charge on any atom is -0.378 e. The van der Waals surface area contributed by atoms with Gasteiger partial charge in [-0.3, -0.25) is 0 Å². The summed E-state index contributed by atoms with van der Waals surface area (Å²) in [5, 5.41) is 3.07. The van der Waals surface area contributed by atoms with E-state index >= 15 is 0 Å². The van der Waals surface area contributed by atoms with Crippen LogP contribution in [0.2, 0.25) is 13.1 Å². The van der Waals surface area contributed by atoms with E-state index in [0.717, 1.165) is 0 Å².